The molecule has 0 aliphatic carbocycles. The Labute approximate surface area is 112 Å². The minimum atomic E-state index is -0.808. The van der Waals surface area contributed by atoms with Crippen molar-refractivity contribution in [3.63, 3.8) is 0 Å². The van der Waals surface area contributed by atoms with Gasteiger partial charge in [-0.15, -0.1) is 0 Å². The fourth-order valence-corrected chi connectivity index (χ4v) is 2.95. The van der Waals surface area contributed by atoms with E-state index in [-0.39, 0.29) is 0 Å². The second-order valence-corrected chi connectivity index (χ2v) is 5.53. The van der Waals surface area contributed by atoms with Crippen molar-refractivity contribution in [3.8, 4) is 0 Å². The zero-order valence-corrected chi connectivity index (χ0v) is 11.5. The molecule has 1 aliphatic heterocycles. The van der Waals surface area contributed by atoms with Crippen LogP contribution >= 0.6 is 11.8 Å². The van der Waals surface area contributed by atoms with Gasteiger partial charge in [-0.05, 0) is 49.0 Å². The van der Waals surface area contributed by atoms with Gasteiger partial charge in [-0.1, -0.05) is 6.07 Å². The highest BCUT2D eigenvalue weighted by molar-refractivity contribution is 7.98. The van der Waals surface area contributed by atoms with E-state index in [4.69, 9.17) is 0 Å². The van der Waals surface area contributed by atoms with E-state index >= 15 is 0 Å². The summed E-state index contributed by atoms with van der Waals surface area (Å²) in [6.45, 7) is 2.07. The highest BCUT2D eigenvalue weighted by atomic mass is 32.2. The van der Waals surface area contributed by atoms with Crippen LogP contribution in [0, 0.1) is 0 Å². The number of rotatable bonds is 5. The third kappa shape index (κ3) is 2.80. The Hall–Kier alpha value is -1.16. The molecule has 1 aliphatic rings. The molecular formula is C14H19NO2S. The fourth-order valence-electron chi connectivity index (χ4n) is 2.53. The number of benzene rings is 1. The first-order valence-electron chi connectivity index (χ1n) is 6.33. The summed E-state index contributed by atoms with van der Waals surface area (Å²) in [6.07, 6.45) is 5.21. The van der Waals surface area contributed by atoms with Crippen molar-refractivity contribution in [3.05, 3.63) is 29.3 Å². The standard InChI is InChI=1S/C14H19NO2S/c1-18-10-4-9-15-8-3-6-11-12(14(16)17)5-2-7-13(11)15/h2,5,7H,3-4,6,8-10H2,1H3,(H,16,17). The maximum absolute atomic E-state index is 11.2. The lowest BCUT2D eigenvalue weighted by Gasteiger charge is -2.32. The van der Waals surface area contributed by atoms with Crippen molar-refractivity contribution < 1.29 is 9.90 Å². The summed E-state index contributed by atoms with van der Waals surface area (Å²) < 4.78 is 0. The second kappa shape index (κ2) is 6.14. The summed E-state index contributed by atoms with van der Waals surface area (Å²) in [5.41, 5.74) is 2.62. The lowest BCUT2D eigenvalue weighted by Crippen LogP contribution is -2.31. The van der Waals surface area contributed by atoms with E-state index < -0.39 is 5.97 Å². The van der Waals surface area contributed by atoms with Crippen LogP contribution in [0.3, 0.4) is 0 Å². The first-order chi connectivity index (χ1) is 8.74. The Bertz CT molecular complexity index is 434. The van der Waals surface area contributed by atoms with E-state index in [9.17, 15) is 9.90 Å². The summed E-state index contributed by atoms with van der Waals surface area (Å²) in [4.78, 5) is 13.6. The van der Waals surface area contributed by atoms with E-state index in [2.05, 4.69) is 17.2 Å². The third-order valence-corrected chi connectivity index (χ3v) is 4.05. The topological polar surface area (TPSA) is 40.5 Å². The lowest BCUT2D eigenvalue weighted by molar-refractivity contribution is 0.0695. The molecule has 0 radical (unpaired) electrons. The van der Waals surface area contributed by atoms with Crippen molar-refractivity contribution >= 4 is 23.4 Å². The number of aromatic carboxylic acids is 1. The van der Waals surface area contributed by atoms with Crippen molar-refractivity contribution in [2.45, 2.75) is 19.3 Å². The van der Waals surface area contributed by atoms with Crippen LogP contribution in [0.5, 0.6) is 0 Å². The van der Waals surface area contributed by atoms with Crippen LogP contribution in [0.1, 0.15) is 28.8 Å². The van der Waals surface area contributed by atoms with Crippen LogP contribution in [-0.2, 0) is 6.42 Å². The molecule has 1 aromatic carbocycles. The Morgan fingerprint density at radius 3 is 3.06 bits per heavy atom. The van der Waals surface area contributed by atoms with E-state index in [0.29, 0.717) is 5.56 Å². The molecule has 1 heterocycles. The quantitative estimate of drug-likeness (QED) is 0.831. The van der Waals surface area contributed by atoms with Gasteiger partial charge in [0.1, 0.15) is 0 Å². The maximum atomic E-state index is 11.2. The highest BCUT2D eigenvalue weighted by Crippen LogP contribution is 2.30. The Kier molecular flexibility index (Phi) is 4.53. The maximum Gasteiger partial charge on any atom is 0.336 e. The second-order valence-electron chi connectivity index (χ2n) is 4.55. The van der Waals surface area contributed by atoms with E-state index in [1.807, 2.05) is 17.8 Å². The lowest BCUT2D eigenvalue weighted by atomic mass is 9.96. The number of carboxylic acids is 1. The SMILES string of the molecule is CSCCCN1CCCc2c(C(=O)O)cccc21. The number of hydrogen-bond acceptors (Lipinski definition) is 3. The van der Waals surface area contributed by atoms with Gasteiger partial charge in [0.25, 0.3) is 0 Å². The van der Waals surface area contributed by atoms with Gasteiger partial charge in [0.05, 0.1) is 5.56 Å². The van der Waals surface area contributed by atoms with Gasteiger partial charge in [-0.2, -0.15) is 11.8 Å². The number of fused-ring (bicyclic) bond motifs is 1. The van der Waals surface area contributed by atoms with Gasteiger partial charge >= 0.3 is 5.97 Å². The van der Waals surface area contributed by atoms with Gasteiger partial charge in [-0.25, -0.2) is 4.79 Å². The molecule has 18 heavy (non-hydrogen) atoms. The van der Waals surface area contributed by atoms with E-state index in [1.165, 1.54) is 0 Å². The number of anilines is 1. The molecule has 0 atom stereocenters. The molecule has 0 aromatic heterocycles. The Morgan fingerprint density at radius 1 is 1.50 bits per heavy atom. The van der Waals surface area contributed by atoms with E-state index in [1.54, 1.807) is 6.07 Å². The van der Waals surface area contributed by atoms with Crippen molar-refractivity contribution in [2.75, 3.05) is 30.0 Å². The normalized spacial score (nSPS) is 14.4. The average molecular weight is 265 g/mol. The van der Waals surface area contributed by atoms with Crippen molar-refractivity contribution in [2.24, 2.45) is 0 Å². The first-order valence-corrected chi connectivity index (χ1v) is 7.72. The number of thioether (sulfide) groups is 1. The summed E-state index contributed by atoms with van der Waals surface area (Å²) in [6, 6.07) is 5.63. The molecule has 0 amide bonds. The van der Waals surface area contributed by atoms with Crippen LogP contribution in [0.4, 0.5) is 5.69 Å². The summed E-state index contributed by atoms with van der Waals surface area (Å²) in [7, 11) is 0. The smallest absolute Gasteiger partial charge is 0.336 e. The zero-order chi connectivity index (χ0) is 13.0. The minimum Gasteiger partial charge on any atom is -0.478 e. The van der Waals surface area contributed by atoms with Crippen LogP contribution in [0.15, 0.2) is 18.2 Å². The van der Waals surface area contributed by atoms with Gasteiger partial charge in [0.15, 0.2) is 0 Å². The molecule has 0 fully saturated rings. The monoisotopic (exact) mass is 265 g/mol. The summed E-state index contributed by atoms with van der Waals surface area (Å²) in [5.74, 6) is 0.350. The largest absolute Gasteiger partial charge is 0.478 e. The summed E-state index contributed by atoms with van der Waals surface area (Å²) in [5, 5.41) is 9.22. The predicted octanol–water partition coefficient (Wildman–Crippen LogP) is 2.89. The van der Waals surface area contributed by atoms with Gasteiger partial charge in [-0.3, -0.25) is 0 Å². The van der Waals surface area contributed by atoms with Crippen molar-refractivity contribution in [1.82, 2.24) is 0 Å². The molecule has 1 N–H and O–H groups in total. The molecule has 2 rings (SSSR count). The van der Waals surface area contributed by atoms with Crippen LogP contribution in [0.25, 0.3) is 0 Å². The molecule has 0 saturated carbocycles. The molecule has 3 nitrogen and oxygen atoms in total. The number of carbonyl (C=O) groups is 1. The van der Waals surface area contributed by atoms with Crippen LogP contribution < -0.4 is 4.90 Å². The van der Waals surface area contributed by atoms with Gasteiger partial charge in [0.2, 0.25) is 0 Å². The van der Waals surface area contributed by atoms with E-state index in [0.717, 1.165) is 49.4 Å². The summed E-state index contributed by atoms with van der Waals surface area (Å²) >= 11 is 1.86. The Balaban J connectivity index is 2.21. The number of carboxylic acid groups (broad SMARTS) is 1. The molecule has 0 unspecified atom stereocenters. The molecule has 0 bridgehead atoms. The van der Waals surface area contributed by atoms with Crippen LogP contribution in [0.2, 0.25) is 0 Å². The fraction of sp³-hybridized carbons (Fsp3) is 0.500. The van der Waals surface area contributed by atoms with Crippen LogP contribution in [-0.4, -0.2) is 36.2 Å². The molecule has 0 spiro atoms. The molecule has 4 heteroatoms. The minimum absolute atomic E-state index is 0.474. The molecule has 0 saturated heterocycles. The Morgan fingerprint density at radius 2 is 2.33 bits per heavy atom. The van der Waals surface area contributed by atoms with Gasteiger partial charge < -0.3 is 10.0 Å². The number of nitrogens with zero attached hydrogens (tertiary/aromatic N) is 1. The third-order valence-electron chi connectivity index (χ3n) is 3.35. The zero-order valence-electron chi connectivity index (χ0n) is 10.7. The predicted molar refractivity (Wildman–Crippen MR) is 76.9 cm³/mol. The molecule has 98 valence electrons. The molecule has 1 aromatic rings. The first kappa shape index (κ1) is 13.3. The molecular weight excluding hydrogens is 246 g/mol. The highest BCUT2D eigenvalue weighted by Gasteiger charge is 2.21. The number of hydrogen-bond donors (Lipinski definition) is 1. The van der Waals surface area contributed by atoms with Gasteiger partial charge in [0, 0.05) is 18.8 Å². The van der Waals surface area contributed by atoms with Crippen molar-refractivity contribution in [1.29, 1.82) is 0 Å². The average Bonchev–Trinajstić information content (AvgIpc) is 2.38.